The standard InChI is InChI=1S/C26H28N4O2/c31-25(30-16-5-4-10-24(30)22-8-2-1-3-9-22)17-20-11-13-23(14-12-20)29-26(32)28-19-21-7-6-15-27-18-21/h1-3,6-9,11-15,18,24H,4-5,10,16-17,19H2,(H2,28,29,32). The number of urea groups is 1. The molecule has 3 amide bonds. The molecule has 2 heterocycles. The molecule has 6 nitrogen and oxygen atoms in total. The van der Waals surface area contributed by atoms with Gasteiger partial charge in [-0.25, -0.2) is 4.79 Å². The molecule has 1 aromatic heterocycles. The number of hydrogen-bond donors (Lipinski definition) is 2. The van der Waals surface area contributed by atoms with Gasteiger partial charge in [-0.1, -0.05) is 48.5 Å². The highest BCUT2D eigenvalue weighted by molar-refractivity contribution is 5.89. The normalized spacial score (nSPS) is 15.8. The number of piperidine rings is 1. The van der Waals surface area contributed by atoms with Gasteiger partial charge in [-0.2, -0.15) is 0 Å². The first-order valence-corrected chi connectivity index (χ1v) is 11.1. The first-order chi connectivity index (χ1) is 15.7. The SMILES string of the molecule is O=C(NCc1cccnc1)Nc1ccc(CC(=O)N2CCCCC2c2ccccc2)cc1. The Morgan fingerprint density at radius 1 is 0.938 bits per heavy atom. The van der Waals surface area contributed by atoms with Gasteiger partial charge in [0.1, 0.15) is 0 Å². The number of carbonyl (C=O) groups is 2. The molecule has 0 bridgehead atoms. The predicted octanol–water partition coefficient (Wildman–Crippen LogP) is 4.70. The maximum Gasteiger partial charge on any atom is 0.319 e. The molecule has 2 N–H and O–H groups in total. The third-order valence-corrected chi connectivity index (χ3v) is 5.75. The Morgan fingerprint density at radius 2 is 1.75 bits per heavy atom. The predicted molar refractivity (Wildman–Crippen MR) is 125 cm³/mol. The van der Waals surface area contributed by atoms with Crippen LogP contribution in [0.2, 0.25) is 0 Å². The topological polar surface area (TPSA) is 74.3 Å². The van der Waals surface area contributed by atoms with E-state index in [9.17, 15) is 9.59 Å². The zero-order chi connectivity index (χ0) is 22.2. The fourth-order valence-corrected chi connectivity index (χ4v) is 4.09. The van der Waals surface area contributed by atoms with Crippen LogP contribution in [0.1, 0.15) is 42.0 Å². The van der Waals surface area contributed by atoms with Gasteiger partial charge in [0, 0.05) is 31.2 Å². The zero-order valence-corrected chi connectivity index (χ0v) is 18.0. The summed E-state index contributed by atoms with van der Waals surface area (Å²) in [5.74, 6) is 0.147. The van der Waals surface area contributed by atoms with Crippen LogP contribution in [0.15, 0.2) is 79.1 Å². The van der Waals surface area contributed by atoms with Gasteiger partial charge in [0.2, 0.25) is 5.91 Å². The molecule has 6 heteroatoms. The number of carbonyl (C=O) groups excluding carboxylic acids is 2. The van der Waals surface area contributed by atoms with Crippen LogP contribution in [0.3, 0.4) is 0 Å². The molecule has 1 unspecified atom stereocenters. The van der Waals surface area contributed by atoms with Crippen LogP contribution in [0.4, 0.5) is 10.5 Å². The molecule has 0 spiro atoms. The molecular weight excluding hydrogens is 400 g/mol. The minimum Gasteiger partial charge on any atom is -0.335 e. The third kappa shape index (κ3) is 5.72. The highest BCUT2D eigenvalue weighted by Gasteiger charge is 2.27. The lowest BCUT2D eigenvalue weighted by molar-refractivity contribution is -0.134. The molecule has 1 fully saturated rings. The van der Waals surface area contributed by atoms with Gasteiger partial charge in [-0.05, 0) is 54.2 Å². The molecule has 1 aliphatic heterocycles. The van der Waals surface area contributed by atoms with Crippen LogP contribution in [-0.2, 0) is 17.8 Å². The van der Waals surface area contributed by atoms with Gasteiger partial charge in [-0.15, -0.1) is 0 Å². The van der Waals surface area contributed by atoms with Crippen molar-refractivity contribution in [3.05, 3.63) is 95.8 Å². The van der Waals surface area contributed by atoms with Crippen molar-refractivity contribution in [3.63, 3.8) is 0 Å². The molecule has 0 aliphatic carbocycles. The van der Waals surface area contributed by atoms with E-state index in [1.54, 1.807) is 12.4 Å². The average Bonchev–Trinajstić information content (AvgIpc) is 2.85. The van der Waals surface area contributed by atoms with E-state index in [0.29, 0.717) is 18.7 Å². The summed E-state index contributed by atoms with van der Waals surface area (Å²) in [6, 6.07) is 21.4. The largest absolute Gasteiger partial charge is 0.335 e. The van der Waals surface area contributed by atoms with Crippen LogP contribution >= 0.6 is 0 Å². The molecule has 164 valence electrons. The number of aromatic nitrogens is 1. The number of anilines is 1. The van der Waals surface area contributed by atoms with Gasteiger partial charge in [0.25, 0.3) is 0 Å². The Labute approximate surface area is 188 Å². The number of hydrogen-bond acceptors (Lipinski definition) is 3. The van der Waals surface area contributed by atoms with Crippen LogP contribution in [0, 0.1) is 0 Å². The summed E-state index contributed by atoms with van der Waals surface area (Å²) in [7, 11) is 0. The van der Waals surface area contributed by atoms with E-state index in [1.165, 1.54) is 5.56 Å². The highest BCUT2D eigenvalue weighted by Crippen LogP contribution is 2.31. The fourth-order valence-electron chi connectivity index (χ4n) is 4.09. The van der Waals surface area contributed by atoms with E-state index >= 15 is 0 Å². The van der Waals surface area contributed by atoms with Crippen molar-refractivity contribution in [2.75, 3.05) is 11.9 Å². The smallest absolute Gasteiger partial charge is 0.319 e. The highest BCUT2D eigenvalue weighted by atomic mass is 16.2. The number of pyridine rings is 1. The molecule has 2 aromatic carbocycles. The van der Waals surface area contributed by atoms with Crippen LogP contribution in [0.25, 0.3) is 0 Å². The molecule has 3 aromatic rings. The number of benzene rings is 2. The molecule has 1 saturated heterocycles. The van der Waals surface area contributed by atoms with E-state index < -0.39 is 0 Å². The second-order valence-electron chi connectivity index (χ2n) is 8.05. The van der Waals surface area contributed by atoms with E-state index in [-0.39, 0.29) is 18.0 Å². The van der Waals surface area contributed by atoms with Gasteiger partial charge in [-0.3, -0.25) is 9.78 Å². The zero-order valence-electron chi connectivity index (χ0n) is 18.0. The molecule has 32 heavy (non-hydrogen) atoms. The summed E-state index contributed by atoms with van der Waals surface area (Å²) in [6.07, 6.45) is 6.97. The minimum atomic E-state index is -0.281. The van der Waals surface area contributed by atoms with Gasteiger partial charge >= 0.3 is 6.03 Å². The number of rotatable bonds is 6. The van der Waals surface area contributed by atoms with E-state index in [2.05, 4.69) is 27.8 Å². The minimum absolute atomic E-state index is 0.147. The van der Waals surface area contributed by atoms with Crippen LogP contribution < -0.4 is 10.6 Å². The molecule has 4 rings (SSSR count). The van der Waals surface area contributed by atoms with Crippen molar-refractivity contribution in [2.24, 2.45) is 0 Å². The maximum absolute atomic E-state index is 13.1. The van der Waals surface area contributed by atoms with Crippen LogP contribution in [-0.4, -0.2) is 28.4 Å². The summed E-state index contributed by atoms with van der Waals surface area (Å²) in [5, 5.41) is 5.63. The fraction of sp³-hybridized carbons (Fsp3) is 0.269. The monoisotopic (exact) mass is 428 g/mol. The van der Waals surface area contributed by atoms with E-state index in [0.717, 1.165) is 36.9 Å². The summed E-state index contributed by atoms with van der Waals surface area (Å²) in [4.78, 5) is 31.3. The second-order valence-corrected chi connectivity index (χ2v) is 8.05. The van der Waals surface area contributed by atoms with Crippen molar-refractivity contribution in [1.82, 2.24) is 15.2 Å². The molecule has 1 aliphatic rings. The average molecular weight is 429 g/mol. The first kappa shape index (κ1) is 21.6. The third-order valence-electron chi connectivity index (χ3n) is 5.75. The molecule has 0 saturated carbocycles. The first-order valence-electron chi connectivity index (χ1n) is 11.1. The quantitative estimate of drug-likeness (QED) is 0.598. The number of likely N-dealkylation sites (tertiary alicyclic amines) is 1. The van der Waals surface area contributed by atoms with Gasteiger partial charge < -0.3 is 15.5 Å². The van der Waals surface area contributed by atoms with Crippen molar-refractivity contribution in [2.45, 2.75) is 38.3 Å². The lowest BCUT2D eigenvalue weighted by Crippen LogP contribution is -2.39. The van der Waals surface area contributed by atoms with E-state index in [1.807, 2.05) is 59.5 Å². The van der Waals surface area contributed by atoms with Crippen molar-refractivity contribution in [3.8, 4) is 0 Å². The number of nitrogens with one attached hydrogen (secondary N) is 2. The van der Waals surface area contributed by atoms with Crippen molar-refractivity contribution < 1.29 is 9.59 Å². The Hall–Kier alpha value is -3.67. The van der Waals surface area contributed by atoms with E-state index in [4.69, 9.17) is 0 Å². The Balaban J connectivity index is 1.31. The number of nitrogens with zero attached hydrogens (tertiary/aromatic N) is 2. The Morgan fingerprint density at radius 3 is 2.50 bits per heavy atom. The molecule has 0 radical (unpaired) electrons. The summed E-state index contributed by atoms with van der Waals surface area (Å²) in [5.41, 5.74) is 3.76. The second kappa shape index (κ2) is 10.6. The summed E-state index contributed by atoms with van der Waals surface area (Å²) >= 11 is 0. The summed E-state index contributed by atoms with van der Waals surface area (Å²) in [6.45, 7) is 1.21. The van der Waals surface area contributed by atoms with Crippen LogP contribution in [0.5, 0.6) is 0 Å². The van der Waals surface area contributed by atoms with Gasteiger partial charge in [0.15, 0.2) is 0 Å². The van der Waals surface area contributed by atoms with Crippen molar-refractivity contribution in [1.29, 1.82) is 0 Å². The maximum atomic E-state index is 13.1. The Bertz CT molecular complexity index is 1020. The van der Waals surface area contributed by atoms with Crippen molar-refractivity contribution >= 4 is 17.6 Å². The summed E-state index contributed by atoms with van der Waals surface area (Å²) < 4.78 is 0. The lowest BCUT2D eigenvalue weighted by Gasteiger charge is -2.36. The number of amides is 3. The molecular formula is C26H28N4O2. The van der Waals surface area contributed by atoms with Gasteiger partial charge in [0.05, 0.1) is 12.5 Å². The molecule has 1 atom stereocenters. The Kier molecular flexibility index (Phi) is 7.12. The lowest BCUT2D eigenvalue weighted by atomic mass is 9.94.